The Morgan fingerprint density at radius 2 is 1.31 bits per heavy atom. The minimum Gasteiger partial charge on any atom is -0.124 e. The smallest absolute Gasteiger partial charge is 0.0132 e. The molecular formula is C16H26. The fourth-order valence-electron chi connectivity index (χ4n) is 1.24. The number of rotatable bonds is 1. The van der Waals surface area contributed by atoms with Crippen molar-refractivity contribution in [3.8, 4) is 12.8 Å². The van der Waals surface area contributed by atoms with Gasteiger partial charge in [0, 0.05) is 0 Å². The Morgan fingerprint density at radius 1 is 0.938 bits per heavy atom. The van der Waals surface area contributed by atoms with Gasteiger partial charge in [0.05, 0.1) is 0 Å². The first-order valence-electron chi connectivity index (χ1n) is 5.97. The normalized spacial score (nSPS) is 9.25. The summed E-state index contributed by atoms with van der Waals surface area (Å²) >= 11 is 0. The number of terminal acetylenes is 1. The molecule has 0 unspecified atom stereocenters. The summed E-state index contributed by atoms with van der Waals surface area (Å²) < 4.78 is 0. The molecule has 0 bridgehead atoms. The van der Waals surface area contributed by atoms with Crippen LogP contribution >= 0.6 is 0 Å². The Balaban J connectivity index is 0. The predicted octanol–water partition coefficient (Wildman–Crippen LogP) is 4.82. The molecule has 16 heavy (non-hydrogen) atoms. The molecule has 0 aliphatic heterocycles. The Kier molecular flexibility index (Phi) is 9.71. The summed E-state index contributed by atoms with van der Waals surface area (Å²) in [6.45, 7) is 12.9. The highest BCUT2D eigenvalue weighted by atomic mass is 14.2. The van der Waals surface area contributed by atoms with Crippen LogP contribution in [0.2, 0.25) is 0 Å². The van der Waals surface area contributed by atoms with Gasteiger partial charge in [-0.1, -0.05) is 65.8 Å². The van der Waals surface area contributed by atoms with Gasteiger partial charge in [-0.05, 0) is 23.0 Å². The summed E-state index contributed by atoms with van der Waals surface area (Å²) in [5.74, 6) is 0. The summed E-state index contributed by atoms with van der Waals surface area (Å²) in [4.78, 5) is 0. The average Bonchev–Trinajstić information content (AvgIpc) is 2.33. The molecule has 0 saturated heterocycles. The maximum absolute atomic E-state index is 4.00. The molecule has 0 nitrogen and oxygen atoms in total. The van der Waals surface area contributed by atoms with Gasteiger partial charge in [-0.2, -0.15) is 0 Å². The van der Waals surface area contributed by atoms with Crippen LogP contribution < -0.4 is 0 Å². The maximum Gasteiger partial charge on any atom is -0.0132 e. The highest BCUT2D eigenvalue weighted by Gasteiger charge is 2.12. The lowest BCUT2D eigenvalue weighted by atomic mass is 9.86. The van der Waals surface area contributed by atoms with Crippen molar-refractivity contribution in [1.82, 2.24) is 0 Å². The van der Waals surface area contributed by atoms with Gasteiger partial charge in [-0.3, -0.25) is 0 Å². The summed E-state index contributed by atoms with van der Waals surface area (Å²) in [5.41, 5.74) is 3.12. The highest BCUT2D eigenvalue weighted by molar-refractivity contribution is 5.27. The van der Waals surface area contributed by atoms with Crippen LogP contribution in [-0.4, -0.2) is 0 Å². The second-order valence-electron chi connectivity index (χ2n) is 4.30. The van der Waals surface area contributed by atoms with Crippen LogP contribution in [0.1, 0.15) is 52.7 Å². The average molecular weight is 218 g/mol. The third-order valence-corrected chi connectivity index (χ3v) is 2.23. The molecule has 0 radical (unpaired) electrons. The largest absolute Gasteiger partial charge is 0.124 e. The van der Waals surface area contributed by atoms with Crippen molar-refractivity contribution >= 4 is 0 Å². The second-order valence-corrected chi connectivity index (χ2v) is 4.30. The first kappa shape index (κ1) is 17.2. The van der Waals surface area contributed by atoms with E-state index in [1.54, 1.807) is 0 Å². The van der Waals surface area contributed by atoms with Crippen molar-refractivity contribution in [3.63, 3.8) is 0 Å². The Bertz CT molecular complexity index is 269. The molecule has 0 heteroatoms. The fraction of sp³-hybridized carbons (Fsp3) is 0.500. The zero-order valence-electron chi connectivity index (χ0n) is 11.7. The van der Waals surface area contributed by atoms with E-state index in [-0.39, 0.29) is 5.41 Å². The topological polar surface area (TPSA) is 0 Å². The van der Waals surface area contributed by atoms with Gasteiger partial charge in [-0.15, -0.1) is 12.8 Å². The van der Waals surface area contributed by atoms with Crippen molar-refractivity contribution in [1.29, 1.82) is 0 Å². The number of benzene rings is 1. The summed E-state index contributed by atoms with van der Waals surface area (Å²) in [6.07, 6.45) is 9.13. The van der Waals surface area contributed by atoms with E-state index in [1.807, 2.05) is 13.8 Å². The third-order valence-electron chi connectivity index (χ3n) is 2.23. The lowest BCUT2D eigenvalue weighted by Crippen LogP contribution is -2.10. The van der Waals surface area contributed by atoms with E-state index in [0.717, 1.165) is 6.42 Å². The van der Waals surface area contributed by atoms with Crippen LogP contribution in [0.25, 0.3) is 0 Å². The summed E-state index contributed by atoms with van der Waals surface area (Å²) in [6, 6.07) is 8.92. The van der Waals surface area contributed by atoms with E-state index in [1.165, 1.54) is 11.1 Å². The van der Waals surface area contributed by atoms with E-state index in [4.69, 9.17) is 0 Å². The van der Waals surface area contributed by atoms with E-state index in [2.05, 4.69) is 64.8 Å². The van der Waals surface area contributed by atoms with Gasteiger partial charge in [0.15, 0.2) is 0 Å². The van der Waals surface area contributed by atoms with Crippen LogP contribution in [0.3, 0.4) is 0 Å². The molecule has 0 heterocycles. The van der Waals surface area contributed by atoms with Crippen LogP contribution in [0.4, 0.5) is 0 Å². The molecular weight excluding hydrogens is 192 g/mol. The van der Waals surface area contributed by atoms with Crippen molar-refractivity contribution in [2.45, 2.75) is 53.4 Å². The molecule has 1 rings (SSSR count). The van der Waals surface area contributed by atoms with Gasteiger partial charge in [0.1, 0.15) is 0 Å². The highest BCUT2D eigenvalue weighted by Crippen LogP contribution is 2.22. The summed E-state index contributed by atoms with van der Waals surface area (Å²) in [5, 5.41) is 0. The summed E-state index contributed by atoms with van der Waals surface area (Å²) in [7, 11) is 0. The Labute approximate surface area is 102 Å². The quantitative estimate of drug-likeness (QED) is 0.593. The monoisotopic (exact) mass is 218 g/mol. The molecule has 0 fully saturated rings. The molecule has 1 aromatic rings. The van der Waals surface area contributed by atoms with Crippen molar-refractivity contribution in [2.75, 3.05) is 0 Å². The van der Waals surface area contributed by atoms with Gasteiger partial charge in [0.2, 0.25) is 0 Å². The first-order chi connectivity index (χ1) is 7.54. The van der Waals surface area contributed by atoms with Gasteiger partial charge >= 0.3 is 0 Å². The third kappa shape index (κ3) is 6.30. The number of aryl methyl sites for hydroxylation is 1. The van der Waals surface area contributed by atoms with Crippen molar-refractivity contribution in [2.24, 2.45) is 0 Å². The zero-order chi connectivity index (χ0) is 13.2. The van der Waals surface area contributed by atoms with Crippen molar-refractivity contribution in [3.05, 3.63) is 35.4 Å². The van der Waals surface area contributed by atoms with E-state index < -0.39 is 0 Å². The molecule has 1 aromatic carbocycles. The Hall–Kier alpha value is -1.22. The molecule has 0 aromatic heterocycles. The first-order valence-corrected chi connectivity index (χ1v) is 5.97. The van der Waals surface area contributed by atoms with Gasteiger partial charge in [0.25, 0.3) is 0 Å². The molecule has 90 valence electrons. The van der Waals surface area contributed by atoms with E-state index in [9.17, 15) is 0 Å². The molecule has 0 aliphatic carbocycles. The van der Waals surface area contributed by atoms with Gasteiger partial charge < -0.3 is 0 Å². The lowest BCUT2D eigenvalue weighted by molar-refractivity contribution is 0.590. The molecule has 0 aliphatic rings. The lowest BCUT2D eigenvalue weighted by Gasteiger charge is -2.18. The van der Waals surface area contributed by atoms with Crippen LogP contribution in [0.5, 0.6) is 0 Å². The van der Waals surface area contributed by atoms with Crippen LogP contribution in [-0.2, 0) is 11.8 Å². The van der Waals surface area contributed by atoms with Crippen molar-refractivity contribution < 1.29 is 0 Å². The second kappa shape index (κ2) is 9.04. The Morgan fingerprint density at radius 3 is 1.56 bits per heavy atom. The van der Waals surface area contributed by atoms with E-state index in [0.29, 0.717) is 0 Å². The number of hydrogen-bond acceptors (Lipinski definition) is 0. The fourth-order valence-corrected chi connectivity index (χ4v) is 1.24. The molecule has 0 amide bonds. The zero-order valence-corrected chi connectivity index (χ0v) is 11.7. The van der Waals surface area contributed by atoms with Crippen LogP contribution in [0, 0.1) is 12.8 Å². The minimum absolute atomic E-state index is 0.284. The molecule has 0 saturated carbocycles. The molecule has 0 N–H and O–H groups in total. The predicted molar refractivity (Wildman–Crippen MR) is 75.8 cm³/mol. The molecule has 0 atom stereocenters. The standard InChI is InChI=1S/C12H18.C2H6.C2H2/c1-5-10-6-8-11(9-7-10)12(2,3)4;2*1-2/h6-9H,5H2,1-4H3;1-2H3;1-2H. The van der Waals surface area contributed by atoms with E-state index >= 15 is 0 Å². The SMILES string of the molecule is C#C.CC.CCc1ccc(C(C)(C)C)cc1. The van der Waals surface area contributed by atoms with Crippen LogP contribution in [0.15, 0.2) is 24.3 Å². The minimum atomic E-state index is 0.284. The number of hydrogen-bond donors (Lipinski definition) is 0. The molecule has 0 spiro atoms. The maximum atomic E-state index is 4.00. The van der Waals surface area contributed by atoms with Gasteiger partial charge in [-0.25, -0.2) is 0 Å².